The molecule has 0 bridgehead atoms. The van der Waals surface area contributed by atoms with E-state index in [0.717, 1.165) is 83.5 Å². The first-order valence-corrected chi connectivity index (χ1v) is 35.2. The van der Waals surface area contributed by atoms with Gasteiger partial charge < -0.3 is 18.9 Å². The van der Waals surface area contributed by atoms with E-state index >= 15 is 0 Å². The van der Waals surface area contributed by atoms with Crippen molar-refractivity contribution in [2.45, 2.75) is 315 Å². The number of ether oxygens (including phenoxy) is 2. The molecule has 10 heteroatoms. The number of phosphoric ester groups is 1. The molecule has 0 saturated carbocycles. The molecule has 80 heavy (non-hydrogen) atoms. The van der Waals surface area contributed by atoms with Gasteiger partial charge >= 0.3 is 19.8 Å². The van der Waals surface area contributed by atoms with Gasteiger partial charge in [0.05, 0.1) is 27.7 Å². The van der Waals surface area contributed by atoms with Gasteiger partial charge in [0.25, 0.3) is 0 Å². The highest BCUT2D eigenvalue weighted by Gasteiger charge is 2.27. The van der Waals surface area contributed by atoms with Crippen LogP contribution in [0.1, 0.15) is 309 Å². The minimum atomic E-state index is -4.40. The number of quaternary nitrogens is 1. The van der Waals surface area contributed by atoms with E-state index in [-0.39, 0.29) is 32.0 Å². The Hall–Kier alpha value is -2.55. The van der Waals surface area contributed by atoms with Gasteiger partial charge in [0.2, 0.25) is 0 Å². The summed E-state index contributed by atoms with van der Waals surface area (Å²) in [7, 11) is 1.46. The van der Waals surface area contributed by atoms with Gasteiger partial charge in [0, 0.05) is 12.8 Å². The maximum absolute atomic E-state index is 12.8. The van der Waals surface area contributed by atoms with E-state index in [4.69, 9.17) is 18.5 Å². The minimum absolute atomic E-state index is 0.0244. The first-order valence-electron chi connectivity index (χ1n) is 33.7. The van der Waals surface area contributed by atoms with Crippen LogP contribution in [0, 0.1) is 0 Å². The van der Waals surface area contributed by atoms with Gasteiger partial charge in [-0.25, -0.2) is 4.57 Å². The molecule has 0 aromatic rings. The zero-order valence-electron chi connectivity index (χ0n) is 53.1. The molecule has 0 aliphatic heterocycles. The molecule has 0 aromatic heterocycles. The second-order valence-corrected chi connectivity index (χ2v) is 25.3. The van der Waals surface area contributed by atoms with E-state index in [1.54, 1.807) is 0 Å². The lowest BCUT2D eigenvalue weighted by Crippen LogP contribution is -2.37. The highest BCUT2D eigenvalue weighted by atomic mass is 31.2. The van der Waals surface area contributed by atoms with Crippen LogP contribution in [0.25, 0.3) is 0 Å². The standard InChI is InChI=1S/C70H128NO8P/c1-6-8-10-12-14-16-18-20-22-24-26-28-30-31-32-33-34-35-36-37-38-39-41-42-44-46-48-50-52-54-56-58-60-62-69(72)76-66-68(67-78-80(74,75)77-65-64-71(3,4)5)79-70(73)63-61-59-57-55-53-51-49-47-45-43-40-29-27-25-23-21-19-17-15-13-11-9-7-2/h9,11,15,17,21,23,27,29,43,45,49,51,68H,6-8,10,12-14,16,18-20,22,24-26,28,30-42,44,46-48,50,52-67H2,1-5H3/p+1/b11-9-,17-15-,23-21-,29-27-,45-43-,51-49-. The molecule has 1 N–H and O–H groups in total. The van der Waals surface area contributed by atoms with Gasteiger partial charge in [-0.1, -0.05) is 305 Å². The van der Waals surface area contributed by atoms with Crippen LogP contribution in [-0.4, -0.2) is 74.9 Å². The Bertz CT molecular complexity index is 1580. The van der Waals surface area contributed by atoms with Crippen molar-refractivity contribution in [3.05, 3.63) is 72.9 Å². The number of carbonyl (C=O) groups excluding carboxylic acids is 2. The lowest BCUT2D eigenvalue weighted by atomic mass is 10.0. The molecule has 0 amide bonds. The van der Waals surface area contributed by atoms with Crippen molar-refractivity contribution < 1.29 is 42.1 Å². The maximum atomic E-state index is 12.8. The molecule has 2 unspecified atom stereocenters. The van der Waals surface area contributed by atoms with Crippen molar-refractivity contribution in [1.82, 2.24) is 0 Å². The molecular formula is C70H129NO8P+. The molecule has 2 atom stereocenters. The fraction of sp³-hybridized carbons (Fsp3) is 0.800. The van der Waals surface area contributed by atoms with E-state index in [0.29, 0.717) is 17.4 Å². The molecule has 0 heterocycles. The quantitative estimate of drug-likeness (QED) is 0.0211. The molecule has 0 spiro atoms. The van der Waals surface area contributed by atoms with Crippen molar-refractivity contribution in [3.8, 4) is 0 Å². The summed E-state index contributed by atoms with van der Waals surface area (Å²) in [4.78, 5) is 35.8. The van der Waals surface area contributed by atoms with Gasteiger partial charge in [-0.2, -0.15) is 0 Å². The second kappa shape index (κ2) is 61.0. The monoisotopic (exact) mass is 1140 g/mol. The molecule has 466 valence electrons. The Morgan fingerprint density at radius 3 is 1.06 bits per heavy atom. The highest BCUT2D eigenvalue weighted by molar-refractivity contribution is 7.47. The third-order valence-electron chi connectivity index (χ3n) is 14.8. The first-order chi connectivity index (χ1) is 39.0. The van der Waals surface area contributed by atoms with Crippen LogP contribution in [0.2, 0.25) is 0 Å². The summed E-state index contributed by atoms with van der Waals surface area (Å²) in [5.41, 5.74) is 0. The van der Waals surface area contributed by atoms with Crippen molar-refractivity contribution >= 4 is 19.8 Å². The van der Waals surface area contributed by atoms with Crippen LogP contribution < -0.4 is 0 Å². The van der Waals surface area contributed by atoms with Crippen LogP contribution >= 0.6 is 7.82 Å². The highest BCUT2D eigenvalue weighted by Crippen LogP contribution is 2.43. The van der Waals surface area contributed by atoms with Crippen molar-refractivity contribution in [1.29, 1.82) is 0 Å². The van der Waals surface area contributed by atoms with Gasteiger partial charge in [-0.05, 0) is 64.2 Å². The second-order valence-electron chi connectivity index (χ2n) is 23.8. The average molecular weight is 1140 g/mol. The number of carbonyl (C=O) groups is 2. The smallest absolute Gasteiger partial charge is 0.462 e. The van der Waals surface area contributed by atoms with Crippen LogP contribution in [-0.2, 0) is 32.7 Å². The molecular weight excluding hydrogens is 1010 g/mol. The number of likely N-dealkylation sites (N-methyl/N-ethyl adjacent to an activating group) is 1. The number of phosphoric acid groups is 1. The van der Waals surface area contributed by atoms with E-state index in [1.807, 2.05) is 21.1 Å². The summed E-state index contributed by atoms with van der Waals surface area (Å²) < 4.78 is 34.6. The predicted octanol–water partition coefficient (Wildman–Crippen LogP) is 21.6. The SMILES string of the molecule is CC/C=C\C/C=C\C/C=C\C/C=C\C/C=C\C/C=C\CCCCCCC(=O)OC(COC(=O)CCCCCCCCCCCCCCCCCCCCCCCCCCCCCCCCCCC)COP(=O)(O)OCC[N+](C)(C)C. The number of hydrogen-bond acceptors (Lipinski definition) is 7. The minimum Gasteiger partial charge on any atom is -0.462 e. The largest absolute Gasteiger partial charge is 0.472 e. The fourth-order valence-electron chi connectivity index (χ4n) is 9.61. The Morgan fingerprint density at radius 2 is 0.713 bits per heavy atom. The number of hydrogen-bond donors (Lipinski definition) is 1. The van der Waals surface area contributed by atoms with Crippen molar-refractivity contribution in [3.63, 3.8) is 0 Å². The topological polar surface area (TPSA) is 108 Å². The number of nitrogens with zero attached hydrogens (tertiary/aromatic N) is 1. The first kappa shape index (κ1) is 77.5. The van der Waals surface area contributed by atoms with E-state index < -0.39 is 26.5 Å². The molecule has 0 aromatic carbocycles. The zero-order chi connectivity index (χ0) is 58.4. The van der Waals surface area contributed by atoms with Crippen molar-refractivity contribution in [2.24, 2.45) is 0 Å². The Labute approximate surface area is 495 Å². The van der Waals surface area contributed by atoms with Crippen molar-refractivity contribution in [2.75, 3.05) is 47.5 Å². The maximum Gasteiger partial charge on any atom is 0.472 e. The number of allylic oxidation sites excluding steroid dienone is 12. The van der Waals surface area contributed by atoms with Crippen LogP contribution in [0.3, 0.4) is 0 Å². The molecule has 0 aliphatic rings. The molecule has 0 saturated heterocycles. The summed E-state index contributed by atoms with van der Waals surface area (Å²) >= 11 is 0. The molecule has 0 rings (SSSR count). The summed E-state index contributed by atoms with van der Waals surface area (Å²) in [6, 6.07) is 0. The number of esters is 2. The van der Waals surface area contributed by atoms with E-state index in [1.165, 1.54) is 193 Å². The Morgan fingerprint density at radius 1 is 0.400 bits per heavy atom. The van der Waals surface area contributed by atoms with Gasteiger partial charge in [0.15, 0.2) is 6.10 Å². The normalized spacial score (nSPS) is 13.6. The summed E-state index contributed by atoms with van der Waals surface area (Å²) in [6.07, 6.45) is 81.6. The van der Waals surface area contributed by atoms with E-state index in [9.17, 15) is 19.0 Å². The molecule has 0 aliphatic carbocycles. The molecule has 0 radical (unpaired) electrons. The predicted molar refractivity (Wildman–Crippen MR) is 344 cm³/mol. The number of rotatable bonds is 62. The molecule has 0 fully saturated rings. The number of unbranched alkanes of at least 4 members (excludes halogenated alkanes) is 36. The Balaban J connectivity index is 4.04. The third kappa shape index (κ3) is 64.6. The van der Waals surface area contributed by atoms with Gasteiger partial charge in [0.1, 0.15) is 19.8 Å². The van der Waals surface area contributed by atoms with E-state index in [2.05, 4.69) is 86.8 Å². The van der Waals surface area contributed by atoms with Crippen LogP contribution in [0.4, 0.5) is 0 Å². The average Bonchev–Trinajstić information content (AvgIpc) is 3.42. The van der Waals surface area contributed by atoms with Crippen LogP contribution in [0.15, 0.2) is 72.9 Å². The summed E-state index contributed by atoms with van der Waals surface area (Å²) in [6.45, 7) is 4.33. The summed E-state index contributed by atoms with van der Waals surface area (Å²) in [5, 5.41) is 0. The summed E-state index contributed by atoms with van der Waals surface area (Å²) in [5.74, 6) is -0.818. The lowest BCUT2D eigenvalue weighted by molar-refractivity contribution is -0.870. The lowest BCUT2D eigenvalue weighted by Gasteiger charge is -2.24. The molecule has 9 nitrogen and oxygen atoms in total. The fourth-order valence-corrected chi connectivity index (χ4v) is 10.4. The zero-order valence-corrected chi connectivity index (χ0v) is 54.0. The van der Waals surface area contributed by atoms with Gasteiger partial charge in [-0.3, -0.25) is 18.6 Å². The van der Waals surface area contributed by atoms with Crippen LogP contribution in [0.5, 0.6) is 0 Å². The third-order valence-corrected chi connectivity index (χ3v) is 15.7. The van der Waals surface area contributed by atoms with Gasteiger partial charge in [-0.15, -0.1) is 0 Å². The Kier molecular flexibility index (Phi) is 59.1.